The van der Waals surface area contributed by atoms with Gasteiger partial charge in [-0.15, -0.1) is 0 Å². The van der Waals surface area contributed by atoms with Crippen LogP contribution in [0.25, 0.3) is 0 Å². The van der Waals surface area contributed by atoms with Crippen LogP contribution in [-0.2, 0) is 7.05 Å². The Morgan fingerprint density at radius 3 is 2.85 bits per heavy atom. The summed E-state index contributed by atoms with van der Waals surface area (Å²) < 4.78 is 1.75. The lowest BCUT2D eigenvalue weighted by Gasteiger charge is -2.20. The van der Waals surface area contributed by atoms with Gasteiger partial charge in [0, 0.05) is 36.6 Å². The summed E-state index contributed by atoms with van der Waals surface area (Å²) in [5.74, 6) is 0. The van der Waals surface area contributed by atoms with E-state index in [2.05, 4.69) is 15.1 Å². The maximum Gasteiger partial charge on any atom is 0.251 e. The number of hydrogen-bond acceptors (Lipinski definition) is 5. The zero-order valence-corrected chi connectivity index (χ0v) is 12.6. The maximum absolute atomic E-state index is 11.5. The topological polar surface area (TPSA) is 89.6 Å². The zero-order chi connectivity index (χ0) is 14.7. The van der Waals surface area contributed by atoms with E-state index in [0.29, 0.717) is 10.9 Å². The molecule has 0 fully saturated rings. The van der Waals surface area contributed by atoms with Gasteiger partial charge in [0.25, 0.3) is 5.56 Å². The third-order valence-electron chi connectivity index (χ3n) is 3.00. The van der Waals surface area contributed by atoms with E-state index in [0.717, 1.165) is 12.0 Å². The molecule has 2 aromatic heterocycles. The van der Waals surface area contributed by atoms with E-state index in [4.69, 9.17) is 5.73 Å². The van der Waals surface area contributed by atoms with Crippen molar-refractivity contribution in [3.8, 4) is 0 Å². The lowest BCUT2D eigenvalue weighted by atomic mass is 10.1. The molecule has 0 aromatic carbocycles. The summed E-state index contributed by atoms with van der Waals surface area (Å²) in [6.45, 7) is 3.85. The number of H-pyrrole nitrogens is 1. The number of rotatable bonds is 5. The van der Waals surface area contributed by atoms with Crippen LogP contribution in [0.3, 0.4) is 0 Å². The smallest absolute Gasteiger partial charge is 0.251 e. The summed E-state index contributed by atoms with van der Waals surface area (Å²) in [6, 6.07) is 1.44. The van der Waals surface area contributed by atoms with Crippen molar-refractivity contribution in [3.63, 3.8) is 0 Å². The summed E-state index contributed by atoms with van der Waals surface area (Å²) in [7, 11) is 1.87. The van der Waals surface area contributed by atoms with E-state index >= 15 is 0 Å². The second kappa shape index (κ2) is 6.23. The van der Waals surface area contributed by atoms with Crippen LogP contribution in [0.5, 0.6) is 0 Å². The highest BCUT2D eigenvalue weighted by Gasteiger charge is 2.22. The van der Waals surface area contributed by atoms with Crippen molar-refractivity contribution in [1.82, 2.24) is 19.7 Å². The molecule has 0 aliphatic heterocycles. The van der Waals surface area contributed by atoms with E-state index in [1.54, 1.807) is 17.8 Å². The van der Waals surface area contributed by atoms with E-state index in [9.17, 15) is 4.79 Å². The van der Waals surface area contributed by atoms with E-state index in [1.807, 2.05) is 20.2 Å². The molecule has 2 atom stereocenters. The minimum Gasteiger partial charge on any atom is -0.326 e. The first-order valence-electron chi connectivity index (χ1n) is 6.48. The van der Waals surface area contributed by atoms with Crippen molar-refractivity contribution in [3.05, 3.63) is 40.1 Å². The minimum atomic E-state index is -0.144. The van der Waals surface area contributed by atoms with Gasteiger partial charge in [0.2, 0.25) is 0 Å². The molecule has 2 rings (SSSR count). The molecule has 0 saturated heterocycles. The Morgan fingerprint density at radius 1 is 1.55 bits per heavy atom. The Bertz CT molecular complexity index is 636. The predicted octanol–water partition coefficient (Wildman–Crippen LogP) is 1.38. The van der Waals surface area contributed by atoms with Gasteiger partial charge in [-0.25, -0.2) is 4.98 Å². The second-order valence-electron chi connectivity index (χ2n) is 4.75. The highest BCUT2D eigenvalue weighted by Crippen LogP contribution is 2.35. The van der Waals surface area contributed by atoms with Crippen LogP contribution in [0, 0.1) is 6.92 Å². The second-order valence-corrected chi connectivity index (χ2v) is 5.88. The van der Waals surface area contributed by atoms with Crippen molar-refractivity contribution in [2.24, 2.45) is 12.8 Å². The van der Waals surface area contributed by atoms with Gasteiger partial charge in [-0.1, -0.05) is 18.7 Å². The van der Waals surface area contributed by atoms with Crippen LogP contribution in [0.4, 0.5) is 0 Å². The summed E-state index contributed by atoms with van der Waals surface area (Å²) in [6.07, 6.45) is 4.59. The number of aromatic amines is 1. The fourth-order valence-corrected chi connectivity index (χ4v) is 3.15. The molecule has 0 saturated carbocycles. The summed E-state index contributed by atoms with van der Waals surface area (Å²) >= 11 is 1.47. The standard InChI is InChI=1S/C13H19N5OS/c1-4-10(14)12(9-6-15-18(3)7-9)20-13-16-8(2)5-11(19)17-13/h5-7,10,12H,4,14H2,1-3H3,(H,16,17,19). The van der Waals surface area contributed by atoms with Crippen molar-refractivity contribution in [2.45, 2.75) is 36.7 Å². The molecule has 20 heavy (non-hydrogen) atoms. The molecule has 2 aromatic rings. The molecular formula is C13H19N5OS. The van der Waals surface area contributed by atoms with Crippen molar-refractivity contribution in [1.29, 1.82) is 0 Å². The monoisotopic (exact) mass is 293 g/mol. The molecular weight excluding hydrogens is 274 g/mol. The normalized spacial score (nSPS) is 14.2. The van der Waals surface area contributed by atoms with Crippen molar-refractivity contribution in [2.75, 3.05) is 0 Å². The number of thioether (sulfide) groups is 1. The third kappa shape index (κ3) is 3.49. The number of nitrogens with zero attached hydrogens (tertiary/aromatic N) is 3. The minimum absolute atomic E-state index is 0.0126. The van der Waals surface area contributed by atoms with Gasteiger partial charge in [0.1, 0.15) is 0 Å². The number of nitrogens with one attached hydrogen (secondary N) is 1. The Morgan fingerprint density at radius 2 is 2.30 bits per heavy atom. The van der Waals surface area contributed by atoms with Gasteiger partial charge in [-0.3, -0.25) is 9.48 Å². The molecule has 3 N–H and O–H groups in total. The highest BCUT2D eigenvalue weighted by atomic mass is 32.2. The summed E-state index contributed by atoms with van der Waals surface area (Å²) in [5, 5.41) is 4.79. The van der Waals surface area contributed by atoms with Crippen LogP contribution in [0.2, 0.25) is 0 Å². The Hall–Kier alpha value is -1.60. The molecule has 2 unspecified atom stereocenters. The molecule has 0 spiro atoms. The van der Waals surface area contributed by atoms with Crippen LogP contribution < -0.4 is 11.3 Å². The van der Waals surface area contributed by atoms with E-state index in [1.165, 1.54) is 17.8 Å². The van der Waals surface area contributed by atoms with Crippen molar-refractivity contribution >= 4 is 11.8 Å². The summed E-state index contributed by atoms with van der Waals surface area (Å²) in [4.78, 5) is 18.6. The van der Waals surface area contributed by atoms with Gasteiger partial charge in [-0.05, 0) is 13.3 Å². The van der Waals surface area contributed by atoms with Gasteiger partial charge in [-0.2, -0.15) is 5.10 Å². The first-order chi connectivity index (χ1) is 9.49. The molecule has 0 radical (unpaired) electrons. The van der Waals surface area contributed by atoms with Gasteiger partial charge >= 0.3 is 0 Å². The first kappa shape index (κ1) is 14.8. The molecule has 7 heteroatoms. The van der Waals surface area contributed by atoms with Gasteiger partial charge in [0.05, 0.1) is 11.4 Å². The molecule has 2 heterocycles. The lowest BCUT2D eigenvalue weighted by Crippen LogP contribution is -2.26. The van der Waals surface area contributed by atoms with Crippen molar-refractivity contribution < 1.29 is 0 Å². The van der Waals surface area contributed by atoms with Gasteiger partial charge in [0.15, 0.2) is 5.16 Å². The summed E-state index contributed by atoms with van der Waals surface area (Å²) in [5.41, 5.74) is 7.80. The van der Waals surface area contributed by atoms with E-state index < -0.39 is 0 Å². The zero-order valence-electron chi connectivity index (χ0n) is 11.8. The van der Waals surface area contributed by atoms with Crippen LogP contribution in [0.15, 0.2) is 28.4 Å². The molecule has 0 aliphatic carbocycles. The predicted molar refractivity (Wildman–Crippen MR) is 79.7 cm³/mol. The molecule has 0 aliphatic rings. The number of nitrogens with two attached hydrogens (primary N) is 1. The maximum atomic E-state index is 11.5. The average Bonchev–Trinajstić information content (AvgIpc) is 2.80. The van der Waals surface area contributed by atoms with Crippen LogP contribution in [-0.4, -0.2) is 25.8 Å². The van der Waals surface area contributed by atoms with Crippen LogP contribution >= 0.6 is 11.8 Å². The molecule has 6 nitrogen and oxygen atoms in total. The highest BCUT2D eigenvalue weighted by molar-refractivity contribution is 7.99. The SMILES string of the molecule is CCC(N)C(Sc1nc(C)cc(=O)[nH]1)c1cnn(C)c1. The fraction of sp³-hybridized carbons (Fsp3) is 0.462. The quantitative estimate of drug-likeness (QED) is 0.642. The largest absolute Gasteiger partial charge is 0.326 e. The molecule has 108 valence electrons. The first-order valence-corrected chi connectivity index (χ1v) is 7.36. The number of hydrogen-bond donors (Lipinski definition) is 2. The van der Waals surface area contributed by atoms with Crippen LogP contribution in [0.1, 0.15) is 29.9 Å². The lowest BCUT2D eigenvalue weighted by molar-refractivity contribution is 0.631. The Labute approximate surface area is 121 Å². The molecule has 0 amide bonds. The fourth-order valence-electron chi connectivity index (χ4n) is 1.93. The van der Waals surface area contributed by atoms with Gasteiger partial charge < -0.3 is 10.7 Å². The number of aryl methyl sites for hydroxylation is 2. The Kier molecular flexibility index (Phi) is 4.61. The molecule has 0 bridgehead atoms. The number of aromatic nitrogens is 4. The third-order valence-corrected chi connectivity index (χ3v) is 4.29. The van der Waals surface area contributed by atoms with E-state index in [-0.39, 0.29) is 16.9 Å². The Balaban J connectivity index is 2.30. The average molecular weight is 293 g/mol.